The molecule has 1 aliphatic rings. The zero-order chi connectivity index (χ0) is 20.1. The second-order valence-electron chi connectivity index (χ2n) is 6.79. The number of carbonyl (C=O) groups is 2. The first kappa shape index (κ1) is 19.6. The van der Waals surface area contributed by atoms with E-state index in [1.165, 1.54) is 19.1 Å². The smallest absolute Gasteiger partial charge is 0.323 e. The molecule has 0 saturated carbocycles. The van der Waals surface area contributed by atoms with E-state index in [1.54, 1.807) is 29.3 Å². The zero-order valence-electron chi connectivity index (χ0n) is 15.9. The minimum Gasteiger partial charge on any atom is -0.488 e. The number of aryl methyl sites for hydroxylation is 1. The van der Waals surface area contributed by atoms with Gasteiger partial charge in [0.25, 0.3) is 0 Å². The molecule has 3 amide bonds. The molecule has 3 rings (SSSR count). The summed E-state index contributed by atoms with van der Waals surface area (Å²) in [6.07, 6.45) is 2.94. The molecule has 2 N–H and O–H groups in total. The van der Waals surface area contributed by atoms with Gasteiger partial charge in [-0.2, -0.15) is 0 Å². The first-order valence-corrected chi connectivity index (χ1v) is 9.12. The molecule has 0 bridgehead atoms. The summed E-state index contributed by atoms with van der Waals surface area (Å²) in [5.74, 6) is -0.219. The number of anilines is 2. The van der Waals surface area contributed by atoms with E-state index in [0.717, 1.165) is 18.5 Å². The van der Waals surface area contributed by atoms with Crippen molar-refractivity contribution in [2.24, 2.45) is 0 Å². The summed E-state index contributed by atoms with van der Waals surface area (Å²) in [5.41, 5.74) is 1.64. The number of piperidine rings is 1. The van der Waals surface area contributed by atoms with Crippen LogP contribution in [0.1, 0.15) is 25.5 Å². The van der Waals surface area contributed by atoms with Crippen molar-refractivity contribution in [3.63, 3.8) is 0 Å². The number of urea groups is 1. The number of hydrogen-bond donors (Lipinski definition) is 2. The predicted molar refractivity (Wildman–Crippen MR) is 104 cm³/mol. The van der Waals surface area contributed by atoms with E-state index < -0.39 is 11.8 Å². The summed E-state index contributed by atoms with van der Waals surface area (Å²) < 4.78 is 19.8. The topological polar surface area (TPSA) is 83.6 Å². The Labute approximate surface area is 162 Å². The third-order valence-electron chi connectivity index (χ3n) is 4.42. The quantitative estimate of drug-likeness (QED) is 0.842. The molecule has 28 heavy (non-hydrogen) atoms. The Hall–Kier alpha value is -3.16. The molecule has 7 nitrogen and oxygen atoms in total. The molecule has 0 aliphatic carbocycles. The number of nitrogens with one attached hydrogen (secondary N) is 2. The normalized spacial score (nSPS) is 16.4. The van der Waals surface area contributed by atoms with E-state index in [-0.39, 0.29) is 17.7 Å². The van der Waals surface area contributed by atoms with Crippen molar-refractivity contribution in [1.29, 1.82) is 0 Å². The molecule has 1 saturated heterocycles. The van der Waals surface area contributed by atoms with Crippen LogP contribution in [-0.4, -0.2) is 41.0 Å². The Morgan fingerprint density at radius 1 is 1.21 bits per heavy atom. The third-order valence-corrected chi connectivity index (χ3v) is 4.42. The second kappa shape index (κ2) is 8.69. The van der Waals surface area contributed by atoms with Gasteiger partial charge in [-0.3, -0.25) is 9.78 Å². The SMILES string of the molecule is CC(=O)N1CCCC(Oc2cc(F)cc(NC(=O)Nc3ccc(C)nc3)c2)C1. The number of halogens is 1. The second-order valence-corrected chi connectivity index (χ2v) is 6.79. The van der Waals surface area contributed by atoms with Crippen molar-refractivity contribution >= 4 is 23.3 Å². The molecule has 1 aromatic heterocycles. The standard InChI is InChI=1S/C20H23FN4O3/c1-13-5-6-16(11-22-13)23-20(27)24-17-8-15(21)9-19(10-17)28-18-4-3-7-25(12-18)14(2)26/h5-6,8-11,18H,3-4,7,12H2,1-2H3,(H2,23,24,27). The molecule has 1 aromatic carbocycles. The largest absolute Gasteiger partial charge is 0.488 e. The van der Waals surface area contributed by atoms with Gasteiger partial charge >= 0.3 is 6.03 Å². The molecule has 0 radical (unpaired) electrons. The van der Waals surface area contributed by atoms with E-state index in [0.29, 0.717) is 24.5 Å². The Morgan fingerprint density at radius 3 is 2.71 bits per heavy atom. The van der Waals surface area contributed by atoms with Crippen molar-refractivity contribution in [3.8, 4) is 5.75 Å². The van der Waals surface area contributed by atoms with Crippen LogP contribution >= 0.6 is 0 Å². The molecule has 0 spiro atoms. The highest BCUT2D eigenvalue weighted by molar-refractivity contribution is 5.99. The summed E-state index contributed by atoms with van der Waals surface area (Å²) in [7, 11) is 0. The highest BCUT2D eigenvalue weighted by atomic mass is 19.1. The van der Waals surface area contributed by atoms with E-state index >= 15 is 0 Å². The number of amides is 3. The lowest BCUT2D eigenvalue weighted by atomic mass is 10.1. The van der Waals surface area contributed by atoms with Crippen molar-refractivity contribution in [1.82, 2.24) is 9.88 Å². The predicted octanol–water partition coefficient (Wildman–Crippen LogP) is 3.56. The first-order valence-electron chi connectivity index (χ1n) is 9.12. The lowest BCUT2D eigenvalue weighted by Gasteiger charge is -2.32. The number of likely N-dealkylation sites (tertiary alicyclic amines) is 1. The summed E-state index contributed by atoms with van der Waals surface area (Å²) in [5, 5.41) is 5.22. The van der Waals surface area contributed by atoms with Crippen LogP contribution in [0.2, 0.25) is 0 Å². The van der Waals surface area contributed by atoms with Gasteiger partial charge in [0, 0.05) is 37.0 Å². The Balaban J connectivity index is 1.63. The molecule has 1 aliphatic heterocycles. The number of hydrogen-bond acceptors (Lipinski definition) is 4. The molecule has 148 valence electrons. The van der Waals surface area contributed by atoms with E-state index in [9.17, 15) is 14.0 Å². The van der Waals surface area contributed by atoms with Crippen LogP contribution in [0.15, 0.2) is 36.5 Å². The van der Waals surface area contributed by atoms with E-state index in [4.69, 9.17) is 4.74 Å². The van der Waals surface area contributed by atoms with Gasteiger partial charge in [-0.05, 0) is 38.0 Å². The molecule has 1 unspecified atom stereocenters. The number of aromatic nitrogens is 1. The fraction of sp³-hybridized carbons (Fsp3) is 0.350. The summed E-state index contributed by atoms with van der Waals surface area (Å²) in [6.45, 7) is 4.55. The minimum absolute atomic E-state index is 0.00263. The van der Waals surface area contributed by atoms with E-state index in [1.807, 2.05) is 6.92 Å². The zero-order valence-corrected chi connectivity index (χ0v) is 15.9. The van der Waals surface area contributed by atoms with Gasteiger partial charge in [0.2, 0.25) is 5.91 Å². The highest BCUT2D eigenvalue weighted by Crippen LogP contribution is 2.24. The van der Waals surface area contributed by atoms with Crippen LogP contribution in [0.25, 0.3) is 0 Å². The fourth-order valence-corrected chi connectivity index (χ4v) is 3.05. The van der Waals surface area contributed by atoms with Gasteiger partial charge in [0.15, 0.2) is 0 Å². The van der Waals surface area contributed by atoms with Crippen LogP contribution in [-0.2, 0) is 4.79 Å². The molecule has 8 heteroatoms. The van der Waals surface area contributed by atoms with Gasteiger partial charge in [-0.1, -0.05) is 0 Å². The van der Waals surface area contributed by atoms with Gasteiger partial charge < -0.3 is 20.3 Å². The molecule has 2 heterocycles. The maximum absolute atomic E-state index is 14.0. The maximum atomic E-state index is 14.0. The maximum Gasteiger partial charge on any atom is 0.323 e. The number of carbonyl (C=O) groups excluding carboxylic acids is 2. The Bertz CT molecular complexity index is 857. The van der Waals surface area contributed by atoms with Crippen molar-refractivity contribution in [3.05, 3.63) is 48.0 Å². The van der Waals surface area contributed by atoms with Crippen molar-refractivity contribution in [2.75, 3.05) is 23.7 Å². The third kappa shape index (κ3) is 5.42. The summed E-state index contributed by atoms with van der Waals surface area (Å²) in [6, 6.07) is 7.03. The van der Waals surface area contributed by atoms with Crippen LogP contribution in [0.5, 0.6) is 5.75 Å². The summed E-state index contributed by atoms with van der Waals surface area (Å²) in [4.78, 5) is 29.5. The lowest BCUT2D eigenvalue weighted by molar-refractivity contribution is -0.131. The lowest BCUT2D eigenvalue weighted by Crippen LogP contribution is -2.43. The van der Waals surface area contributed by atoms with Gasteiger partial charge in [0.05, 0.1) is 18.4 Å². The highest BCUT2D eigenvalue weighted by Gasteiger charge is 2.23. The summed E-state index contributed by atoms with van der Waals surface area (Å²) >= 11 is 0. The first-order chi connectivity index (χ1) is 13.4. The van der Waals surface area contributed by atoms with Crippen LogP contribution in [0.3, 0.4) is 0 Å². The monoisotopic (exact) mass is 386 g/mol. The van der Waals surface area contributed by atoms with Gasteiger partial charge in [-0.15, -0.1) is 0 Å². The van der Waals surface area contributed by atoms with Crippen LogP contribution in [0.4, 0.5) is 20.6 Å². The average Bonchev–Trinajstić information content (AvgIpc) is 2.63. The molecular weight excluding hydrogens is 363 g/mol. The molecule has 2 aromatic rings. The van der Waals surface area contributed by atoms with Gasteiger partial charge in [-0.25, -0.2) is 9.18 Å². The van der Waals surface area contributed by atoms with E-state index in [2.05, 4.69) is 15.6 Å². The number of ether oxygens (including phenoxy) is 1. The molecule has 1 fully saturated rings. The number of nitrogens with zero attached hydrogens (tertiary/aromatic N) is 2. The number of pyridine rings is 1. The van der Waals surface area contributed by atoms with Crippen LogP contribution < -0.4 is 15.4 Å². The Kier molecular flexibility index (Phi) is 6.08. The fourth-order valence-electron chi connectivity index (χ4n) is 3.05. The van der Waals surface area contributed by atoms with Gasteiger partial charge in [0.1, 0.15) is 17.7 Å². The average molecular weight is 386 g/mol. The number of benzene rings is 1. The minimum atomic E-state index is -0.524. The number of rotatable bonds is 4. The van der Waals surface area contributed by atoms with Crippen molar-refractivity contribution in [2.45, 2.75) is 32.8 Å². The molecular formula is C20H23FN4O3. The van der Waals surface area contributed by atoms with Crippen molar-refractivity contribution < 1.29 is 18.7 Å². The molecule has 1 atom stereocenters. The Morgan fingerprint density at radius 2 is 2.00 bits per heavy atom. The van der Waals surface area contributed by atoms with Crippen LogP contribution in [0, 0.1) is 12.7 Å².